The lowest BCUT2D eigenvalue weighted by molar-refractivity contribution is -0.124. The van der Waals surface area contributed by atoms with Crippen molar-refractivity contribution >= 4 is 5.78 Å². The summed E-state index contributed by atoms with van der Waals surface area (Å²) in [5.74, 6) is 2.13. The highest BCUT2D eigenvalue weighted by molar-refractivity contribution is 5.81. The van der Waals surface area contributed by atoms with Gasteiger partial charge in [-0.05, 0) is 50.2 Å². The molecule has 0 aliphatic carbocycles. The predicted octanol–water partition coefficient (Wildman–Crippen LogP) is 2.03. The van der Waals surface area contributed by atoms with Crippen LogP contribution in [0.1, 0.15) is 19.3 Å². The van der Waals surface area contributed by atoms with Crippen molar-refractivity contribution in [3.63, 3.8) is 0 Å². The lowest BCUT2D eigenvalue weighted by Crippen LogP contribution is -2.32. The van der Waals surface area contributed by atoms with Gasteiger partial charge in [0.05, 0.1) is 13.7 Å². The van der Waals surface area contributed by atoms with E-state index in [1.807, 2.05) is 24.3 Å². The van der Waals surface area contributed by atoms with Crippen molar-refractivity contribution < 1.29 is 14.3 Å². The number of nitrogens with one attached hydrogen (secondary N) is 1. The SMILES string of the molecule is COc1ccc(OCCC(=O)C2CCNCC2)cc1. The van der Waals surface area contributed by atoms with E-state index in [2.05, 4.69) is 5.32 Å². The van der Waals surface area contributed by atoms with Gasteiger partial charge in [0.2, 0.25) is 0 Å². The van der Waals surface area contributed by atoms with E-state index in [9.17, 15) is 4.79 Å². The van der Waals surface area contributed by atoms with E-state index < -0.39 is 0 Å². The first-order valence-electron chi connectivity index (χ1n) is 6.80. The van der Waals surface area contributed by atoms with Crippen LogP contribution in [-0.4, -0.2) is 32.6 Å². The number of carbonyl (C=O) groups excluding carboxylic acids is 1. The Morgan fingerprint density at radius 3 is 2.47 bits per heavy atom. The molecule has 0 amide bonds. The maximum atomic E-state index is 12.0. The minimum absolute atomic E-state index is 0.223. The minimum Gasteiger partial charge on any atom is -0.497 e. The average Bonchev–Trinajstić information content (AvgIpc) is 2.49. The molecule has 4 nitrogen and oxygen atoms in total. The van der Waals surface area contributed by atoms with Gasteiger partial charge in [-0.15, -0.1) is 0 Å². The first-order valence-corrected chi connectivity index (χ1v) is 6.80. The molecule has 0 aromatic heterocycles. The van der Waals surface area contributed by atoms with Gasteiger partial charge in [0.15, 0.2) is 0 Å². The van der Waals surface area contributed by atoms with E-state index in [1.165, 1.54) is 0 Å². The van der Waals surface area contributed by atoms with Gasteiger partial charge in [-0.2, -0.15) is 0 Å². The second-order valence-electron chi connectivity index (χ2n) is 4.76. The summed E-state index contributed by atoms with van der Waals surface area (Å²) in [4.78, 5) is 12.0. The van der Waals surface area contributed by atoms with Crippen LogP contribution in [0.2, 0.25) is 0 Å². The Bertz CT molecular complexity index is 396. The Morgan fingerprint density at radius 2 is 1.84 bits per heavy atom. The summed E-state index contributed by atoms with van der Waals surface area (Å²) in [6.07, 6.45) is 2.42. The van der Waals surface area contributed by atoms with Crippen molar-refractivity contribution in [3.8, 4) is 11.5 Å². The summed E-state index contributed by atoms with van der Waals surface area (Å²) < 4.78 is 10.7. The molecule has 19 heavy (non-hydrogen) atoms. The quantitative estimate of drug-likeness (QED) is 0.853. The van der Waals surface area contributed by atoms with Gasteiger partial charge in [-0.1, -0.05) is 0 Å². The molecule has 1 aliphatic heterocycles. The number of ketones is 1. The fraction of sp³-hybridized carbons (Fsp3) is 0.533. The molecule has 2 rings (SSSR count). The lowest BCUT2D eigenvalue weighted by Gasteiger charge is -2.21. The van der Waals surface area contributed by atoms with E-state index in [0.29, 0.717) is 18.8 Å². The molecule has 0 bridgehead atoms. The van der Waals surface area contributed by atoms with E-state index in [0.717, 1.165) is 37.4 Å². The summed E-state index contributed by atoms with van der Waals surface area (Å²) in [5, 5.41) is 3.27. The highest BCUT2D eigenvalue weighted by Crippen LogP contribution is 2.18. The number of piperidine rings is 1. The monoisotopic (exact) mass is 263 g/mol. The van der Waals surface area contributed by atoms with Crippen LogP contribution < -0.4 is 14.8 Å². The average molecular weight is 263 g/mol. The molecular weight excluding hydrogens is 242 g/mol. The van der Waals surface area contributed by atoms with E-state index in [1.54, 1.807) is 7.11 Å². The molecule has 104 valence electrons. The zero-order chi connectivity index (χ0) is 13.5. The Morgan fingerprint density at radius 1 is 1.21 bits per heavy atom. The molecule has 1 fully saturated rings. The first-order chi connectivity index (χ1) is 9.29. The van der Waals surface area contributed by atoms with E-state index in [4.69, 9.17) is 9.47 Å². The second kappa shape index (κ2) is 7.14. The van der Waals surface area contributed by atoms with Gasteiger partial charge in [0.25, 0.3) is 0 Å². The smallest absolute Gasteiger partial charge is 0.139 e. The Hall–Kier alpha value is -1.55. The van der Waals surface area contributed by atoms with Crippen molar-refractivity contribution in [2.75, 3.05) is 26.8 Å². The van der Waals surface area contributed by atoms with Crippen LogP contribution in [0.3, 0.4) is 0 Å². The standard InChI is InChI=1S/C15H21NO3/c1-18-13-2-4-14(5-3-13)19-11-8-15(17)12-6-9-16-10-7-12/h2-5,12,16H,6-11H2,1H3. The van der Waals surface area contributed by atoms with Crippen molar-refractivity contribution in [2.24, 2.45) is 5.92 Å². The third kappa shape index (κ3) is 4.24. The topological polar surface area (TPSA) is 47.6 Å². The fourth-order valence-corrected chi connectivity index (χ4v) is 2.29. The van der Waals surface area contributed by atoms with Gasteiger partial charge < -0.3 is 14.8 Å². The lowest BCUT2D eigenvalue weighted by atomic mass is 9.92. The number of ether oxygens (including phenoxy) is 2. The molecule has 1 heterocycles. The maximum Gasteiger partial charge on any atom is 0.139 e. The first kappa shape index (κ1) is 13.9. The molecule has 1 aromatic carbocycles. The van der Waals surface area contributed by atoms with E-state index >= 15 is 0 Å². The van der Waals surface area contributed by atoms with Crippen molar-refractivity contribution in [3.05, 3.63) is 24.3 Å². The van der Waals surface area contributed by atoms with Gasteiger partial charge >= 0.3 is 0 Å². The number of Topliss-reactive ketones (excluding diaryl/α,β-unsaturated/α-hetero) is 1. The van der Waals surface area contributed by atoms with Crippen LogP contribution in [0, 0.1) is 5.92 Å². The third-order valence-corrected chi connectivity index (χ3v) is 3.47. The Kier molecular flexibility index (Phi) is 5.21. The summed E-state index contributed by atoms with van der Waals surface area (Å²) in [7, 11) is 1.63. The molecule has 0 saturated carbocycles. The number of hydrogen-bond donors (Lipinski definition) is 1. The summed E-state index contributed by atoms with van der Waals surface area (Å²) in [6, 6.07) is 7.41. The summed E-state index contributed by atoms with van der Waals surface area (Å²) >= 11 is 0. The number of carbonyl (C=O) groups is 1. The Balaban J connectivity index is 1.71. The van der Waals surface area contributed by atoms with Crippen LogP contribution in [0.4, 0.5) is 0 Å². The normalized spacial score (nSPS) is 16.1. The zero-order valence-corrected chi connectivity index (χ0v) is 11.4. The number of hydrogen-bond acceptors (Lipinski definition) is 4. The highest BCUT2D eigenvalue weighted by Gasteiger charge is 2.20. The molecule has 0 unspecified atom stereocenters. The van der Waals surface area contributed by atoms with Gasteiger partial charge in [-0.25, -0.2) is 0 Å². The maximum absolute atomic E-state index is 12.0. The number of methoxy groups -OCH3 is 1. The van der Waals surface area contributed by atoms with Crippen LogP contribution in [0.25, 0.3) is 0 Å². The van der Waals surface area contributed by atoms with Crippen molar-refractivity contribution in [2.45, 2.75) is 19.3 Å². The van der Waals surface area contributed by atoms with E-state index in [-0.39, 0.29) is 5.92 Å². The third-order valence-electron chi connectivity index (χ3n) is 3.47. The number of benzene rings is 1. The van der Waals surface area contributed by atoms with Crippen LogP contribution in [-0.2, 0) is 4.79 Å². The highest BCUT2D eigenvalue weighted by atomic mass is 16.5. The van der Waals surface area contributed by atoms with Crippen molar-refractivity contribution in [1.82, 2.24) is 5.32 Å². The molecule has 0 spiro atoms. The second-order valence-corrected chi connectivity index (χ2v) is 4.76. The Labute approximate surface area is 114 Å². The molecule has 4 heteroatoms. The predicted molar refractivity (Wildman–Crippen MR) is 73.7 cm³/mol. The molecule has 0 atom stereocenters. The summed E-state index contributed by atoms with van der Waals surface area (Å²) in [6.45, 7) is 2.36. The van der Waals surface area contributed by atoms with Crippen molar-refractivity contribution in [1.29, 1.82) is 0 Å². The fourth-order valence-electron chi connectivity index (χ4n) is 2.29. The number of rotatable bonds is 6. The molecule has 0 radical (unpaired) electrons. The van der Waals surface area contributed by atoms with Crippen LogP contribution in [0.15, 0.2) is 24.3 Å². The molecule has 1 saturated heterocycles. The molecule has 1 aromatic rings. The molecule has 1 N–H and O–H groups in total. The molecular formula is C15H21NO3. The van der Waals surface area contributed by atoms with Gasteiger partial charge in [0, 0.05) is 12.3 Å². The van der Waals surface area contributed by atoms with Crippen LogP contribution >= 0.6 is 0 Å². The van der Waals surface area contributed by atoms with Gasteiger partial charge in [0.1, 0.15) is 17.3 Å². The van der Waals surface area contributed by atoms with Crippen LogP contribution in [0.5, 0.6) is 11.5 Å². The largest absolute Gasteiger partial charge is 0.497 e. The zero-order valence-electron chi connectivity index (χ0n) is 11.4. The summed E-state index contributed by atoms with van der Waals surface area (Å²) in [5.41, 5.74) is 0. The molecule has 1 aliphatic rings. The minimum atomic E-state index is 0.223. The van der Waals surface area contributed by atoms with Gasteiger partial charge in [-0.3, -0.25) is 4.79 Å².